The number of halogens is 1. The summed E-state index contributed by atoms with van der Waals surface area (Å²) in [7, 11) is 0. The largest absolute Gasteiger partial charge is 0.297 e. The molecule has 0 unspecified atom stereocenters. The van der Waals surface area contributed by atoms with Gasteiger partial charge >= 0.3 is 0 Å². The van der Waals surface area contributed by atoms with Gasteiger partial charge in [-0.1, -0.05) is 22.0 Å². The first kappa shape index (κ1) is 11.5. The predicted octanol–water partition coefficient (Wildman–Crippen LogP) is 3.93. The second-order valence-electron chi connectivity index (χ2n) is 3.68. The summed E-state index contributed by atoms with van der Waals surface area (Å²) in [5.41, 5.74) is 1.84. The van der Waals surface area contributed by atoms with E-state index in [4.69, 9.17) is 0 Å². The van der Waals surface area contributed by atoms with Gasteiger partial charge in [0.2, 0.25) is 0 Å². The van der Waals surface area contributed by atoms with Crippen molar-refractivity contribution in [3.05, 3.63) is 46.0 Å². The van der Waals surface area contributed by atoms with E-state index in [2.05, 4.69) is 25.9 Å². The molecule has 0 amide bonds. The van der Waals surface area contributed by atoms with Crippen molar-refractivity contribution in [1.82, 2.24) is 9.97 Å². The van der Waals surface area contributed by atoms with Crippen molar-refractivity contribution in [2.45, 2.75) is 0 Å². The summed E-state index contributed by atoms with van der Waals surface area (Å²) in [5.74, 6) is 0. The highest BCUT2D eigenvalue weighted by Gasteiger charge is 2.10. The zero-order valence-electron chi connectivity index (χ0n) is 9.13. The maximum Gasteiger partial charge on any atom is 0.161 e. The smallest absolute Gasteiger partial charge is 0.161 e. The first-order chi connectivity index (χ1) is 8.79. The number of hydrogen-bond donors (Lipinski definition) is 0. The normalized spacial score (nSPS) is 10.7. The Bertz CT molecular complexity index is 739. The van der Waals surface area contributed by atoms with Crippen molar-refractivity contribution in [3.63, 3.8) is 0 Å². The van der Waals surface area contributed by atoms with Crippen LogP contribution >= 0.6 is 27.3 Å². The van der Waals surface area contributed by atoms with Crippen molar-refractivity contribution in [2.24, 2.45) is 0 Å². The zero-order valence-corrected chi connectivity index (χ0v) is 11.5. The van der Waals surface area contributed by atoms with Gasteiger partial charge in [-0.15, -0.1) is 11.3 Å². The number of aldehydes is 1. The Hall–Kier alpha value is -1.59. The quantitative estimate of drug-likeness (QED) is 0.672. The number of thiazole rings is 1. The summed E-state index contributed by atoms with van der Waals surface area (Å²) >= 11 is 4.88. The maximum atomic E-state index is 10.7. The minimum Gasteiger partial charge on any atom is -0.297 e. The van der Waals surface area contributed by atoms with Crippen LogP contribution < -0.4 is 0 Å². The molecule has 5 heteroatoms. The average Bonchev–Trinajstić information content (AvgIpc) is 2.88. The molecular weight excluding hydrogens is 312 g/mol. The summed E-state index contributed by atoms with van der Waals surface area (Å²) in [6.45, 7) is 0. The SMILES string of the molecule is O=Cc1cnc(-c2ccc(Br)c3cccnc23)s1. The van der Waals surface area contributed by atoms with Gasteiger partial charge in [0.25, 0.3) is 0 Å². The van der Waals surface area contributed by atoms with Crippen LogP contribution in [0.5, 0.6) is 0 Å². The highest BCUT2D eigenvalue weighted by atomic mass is 79.9. The topological polar surface area (TPSA) is 42.9 Å². The van der Waals surface area contributed by atoms with Crippen LogP contribution in [0.25, 0.3) is 21.5 Å². The molecule has 0 N–H and O–H groups in total. The number of carbonyl (C=O) groups excluding carboxylic acids is 1. The minimum atomic E-state index is 0.622. The molecule has 0 atom stereocenters. The fraction of sp³-hybridized carbons (Fsp3) is 0. The molecule has 88 valence electrons. The molecule has 0 aliphatic heterocycles. The summed E-state index contributed by atoms with van der Waals surface area (Å²) in [4.78, 5) is 20.0. The van der Waals surface area contributed by atoms with E-state index in [-0.39, 0.29) is 0 Å². The van der Waals surface area contributed by atoms with Crippen LogP contribution in [0.2, 0.25) is 0 Å². The van der Waals surface area contributed by atoms with Crippen LogP contribution in [0.3, 0.4) is 0 Å². The van der Waals surface area contributed by atoms with E-state index in [1.807, 2.05) is 24.3 Å². The molecule has 3 rings (SSSR count). The van der Waals surface area contributed by atoms with Crippen molar-refractivity contribution in [1.29, 1.82) is 0 Å². The summed E-state index contributed by atoms with van der Waals surface area (Å²) < 4.78 is 1.00. The van der Waals surface area contributed by atoms with Crippen LogP contribution in [0.1, 0.15) is 9.67 Å². The van der Waals surface area contributed by atoms with E-state index in [0.29, 0.717) is 4.88 Å². The van der Waals surface area contributed by atoms with Gasteiger partial charge in [-0.2, -0.15) is 0 Å². The average molecular weight is 319 g/mol. The van der Waals surface area contributed by atoms with E-state index in [0.717, 1.165) is 32.2 Å². The summed E-state index contributed by atoms with van der Waals surface area (Å²) in [5, 5.41) is 1.85. The molecule has 0 fully saturated rings. The molecule has 3 aromatic rings. The third-order valence-electron chi connectivity index (χ3n) is 2.59. The van der Waals surface area contributed by atoms with E-state index in [1.165, 1.54) is 11.3 Å². The number of benzene rings is 1. The molecule has 0 radical (unpaired) electrons. The molecule has 3 nitrogen and oxygen atoms in total. The van der Waals surface area contributed by atoms with Gasteiger partial charge in [-0.3, -0.25) is 9.78 Å². The molecule has 1 aromatic carbocycles. The Morgan fingerprint density at radius 2 is 2.11 bits per heavy atom. The van der Waals surface area contributed by atoms with Crippen LogP contribution in [-0.4, -0.2) is 16.3 Å². The first-order valence-corrected chi connectivity index (χ1v) is 6.85. The number of hydrogen-bond acceptors (Lipinski definition) is 4. The standard InChI is InChI=1S/C13H7BrN2OS/c14-11-4-3-10(12-9(11)2-1-5-15-12)13-16-6-8(7-17)18-13/h1-7H. The Morgan fingerprint density at radius 3 is 2.89 bits per heavy atom. The Balaban J connectivity index is 2.29. The van der Waals surface area contributed by atoms with E-state index in [9.17, 15) is 4.79 Å². The summed E-state index contributed by atoms with van der Waals surface area (Å²) in [6.07, 6.45) is 4.16. The number of rotatable bonds is 2. The lowest BCUT2D eigenvalue weighted by atomic mass is 10.1. The highest BCUT2D eigenvalue weighted by Crippen LogP contribution is 2.33. The lowest BCUT2D eigenvalue weighted by molar-refractivity contribution is 0.112. The Labute approximate surface area is 116 Å². The highest BCUT2D eigenvalue weighted by molar-refractivity contribution is 9.10. The predicted molar refractivity (Wildman–Crippen MR) is 75.9 cm³/mol. The fourth-order valence-corrected chi connectivity index (χ4v) is 2.99. The molecular formula is C13H7BrN2OS. The fourth-order valence-electron chi connectivity index (χ4n) is 1.78. The molecule has 0 aliphatic rings. The third-order valence-corrected chi connectivity index (χ3v) is 4.23. The molecule has 0 spiro atoms. The second kappa shape index (κ2) is 4.59. The molecule has 0 bridgehead atoms. The van der Waals surface area contributed by atoms with Crippen LogP contribution in [0, 0.1) is 0 Å². The second-order valence-corrected chi connectivity index (χ2v) is 5.60. The maximum absolute atomic E-state index is 10.7. The van der Waals surface area contributed by atoms with Gasteiger partial charge in [0.1, 0.15) is 5.01 Å². The lowest BCUT2D eigenvalue weighted by Crippen LogP contribution is -1.84. The zero-order chi connectivity index (χ0) is 12.5. The molecule has 2 heterocycles. The van der Waals surface area contributed by atoms with Gasteiger partial charge < -0.3 is 0 Å². The van der Waals surface area contributed by atoms with Gasteiger partial charge in [0, 0.05) is 27.8 Å². The van der Waals surface area contributed by atoms with Crippen LogP contribution in [-0.2, 0) is 0 Å². The molecule has 18 heavy (non-hydrogen) atoms. The number of nitrogens with zero attached hydrogens (tertiary/aromatic N) is 2. The van der Waals surface area contributed by atoms with Gasteiger partial charge in [0.05, 0.1) is 10.4 Å². The van der Waals surface area contributed by atoms with Crippen molar-refractivity contribution in [2.75, 3.05) is 0 Å². The van der Waals surface area contributed by atoms with Crippen LogP contribution in [0.15, 0.2) is 41.1 Å². The van der Waals surface area contributed by atoms with Gasteiger partial charge in [0.15, 0.2) is 6.29 Å². The molecule has 0 aliphatic carbocycles. The Morgan fingerprint density at radius 1 is 1.22 bits per heavy atom. The molecule has 0 saturated heterocycles. The van der Waals surface area contributed by atoms with E-state index in [1.54, 1.807) is 12.4 Å². The van der Waals surface area contributed by atoms with Crippen molar-refractivity contribution in [3.8, 4) is 10.6 Å². The third kappa shape index (κ3) is 1.85. The number of aromatic nitrogens is 2. The van der Waals surface area contributed by atoms with Crippen LogP contribution in [0.4, 0.5) is 0 Å². The first-order valence-electron chi connectivity index (χ1n) is 5.24. The Kier molecular flexibility index (Phi) is 2.93. The van der Waals surface area contributed by atoms with Crippen molar-refractivity contribution >= 4 is 44.5 Å². The van der Waals surface area contributed by atoms with Gasteiger partial charge in [-0.05, 0) is 18.2 Å². The molecule has 2 aromatic heterocycles. The number of fused-ring (bicyclic) bond motifs is 1. The molecule has 0 saturated carbocycles. The van der Waals surface area contributed by atoms with E-state index >= 15 is 0 Å². The lowest BCUT2D eigenvalue weighted by Gasteiger charge is -2.04. The minimum absolute atomic E-state index is 0.622. The summed E-state index contributed by atoms with van der Waals surface area (Å²) in [6, 6.07) is 7.84. The number of pyridine rings is 1. The van der Waals surface area contributed by atoms with Crippen molar-refractivity contribution < 1.29 is 4.79 Å². The monoisotopic (exact) mass is 318 g/mol. The number of carbonyl (C=O) groups is 1. The van der Waals surface area contributed by atoms with Gasteiger partial charge in [-0.25, -0.2) is 4.98 Å². The van der Waals surface area contributed by atoms with E-state index < -0.39 is 0 Å².